The molecule has 4 heterocycles. The van der Waals surface area contributed by atoms with Gasteiger partial charge in [0.25, 0.3) is 0 Å². The van der Waals surface area contributed by atoms with Gasteiger partial charge in [0.05, 0.1) is 16.7 Å². The molecule has 0 atom stereocenters. The SMILES string of the molecule is Cc1cc2nc(-c3ccc4oc5nc(CC(C)(C)C)ccc5c4c3)n(C(C)(C)C)c2c(C)n1. The van der Waals surface area contributed by atoms with Gasteiger partial charge in [-0.25, -0.2) is 9.97 Å². The van der Waals surface area contributed by atoms with Crippen LogP contribution in [0.25, 0.3) is 44.5 Å². The Balaban J connectivity index is 1.72. The highest BCUT2D eigenvalue weighted by atomic mass is 16.3. The van der Waals surface area contributed by atoms with Crippen LogP contribution in [0.2, 0.25) is 0 Å². The topological polar surface area (TPSA) is 56.7 Å². The van der Waals surface area contributed by atoms with Crippen LogP contribution in [-0.4, -0.2) is 19.5 Å². The smallest absolute Gasteiger partial charge is 0.227 e. The van der Waals surface area contributed by atoms with Gasteiger partial charge in [-0.3, -0.25) is 4.98 Å². The molecule has 170 valence electrons. The monoisotopic (exact) mass is 440 g/mol. The molecule has 0 aliphatic rings. The van der Waals surface area contributed by atoms with Crippen molar-refractivity contribution in [2.24, 2.45) is 5.41 Å². The van der Waals surface area contributed by atoms with Crippen molar-refractivity contribution in [1.29, 1.82) is 0 Å². The largest absolute Gasteiger partial charge is 0.438 e. The number of hydrogen-bond donors (Lipinski definition) is 0. The van der Waals surface area contributed by atoms with Gasteiger partial charge in [0.15, 0.2) is 0 Å². The summed E-state index contributed by atoms with van der Waals surface area (Å²) >= 11 is 0. The van der Waals surface area contributed by atoms with E-state index in [9.17, 15) is 0 Å². The lowest BCUT2D eigenvalue weighted by molar-refractivity contribution is 0.406. The van der Waals surface area contributed by atoms with Crippen LogP contribution in [-0.2, 0) is 12.0 Å². The molecule has 5 rings (SSSR count). The van der Waals surface area contributed by atoms with Crippen molar-refractivity contribution in [3.8, 4) is 11.4 Å². The van der Waals surface area contributed by atoms with Crippen LogP contribution in [0.15, 0.2) is 40.8 Å². The van der Waals surface area contributed by atoms with Crippen LogP contribution >= 0.6 is 0 Å². The number of imidazole rings is 1. The minimum absolute atomic E-state index is 0.150. The Morgan fingerprint density at radius 3 is 2.30 bits per heavy atom. The van der Waals surface area contributed by atoms with Gasteiger partial charge in [0.2, 0.25) is 5.71 Å². The zero-order chi connectivity index (χ0) is 23.7. The van der Waals surface area contributed by atoms with Crippen molar-refractivity contribution in [1.82, 2.24) is 19.5 Å². The maximum absolute atomic E-state index is 6.14. The van der Waals surface area contributed by atoms with E-state index in [0.717, 1.165) is 62.3 Å². The number of aromatic nitrogens is 4. The first kappa shape index (κ1) is 21.6. The van der Waals surface area contributed by atoms with Gasteiger partial charge in [-0.15, -0.1) is 0 Å². The van der Waals surface area contributed by atoms with E-state index < -0.39 is 0 Å². The molecule has 33 heavy (non-hydrogen) atoms. The zero-order valence-corrected chi connectivity index (χ0v) is 20.9. The molecule has 0 aliphatic heterocycles. The molecule has 5 nitrogen and oxygen atoms in total. The summed E-state index contributed by atoms with van der Waals surface area (Å²) in [5.74, 6) is 0.946. The van der Waals surface area contributed by atoms with Gasteiger partial charge in [-0.05, 0) is 82.9 Å². The van der Waals surface area contributed by atoms with Crippen molar-refractivity contribution < 1.29 is 4.42 Å². The molecular weight excluding hydrogens is 408 g/mol. The zero-order valence-electron chi connectivity index (χ0n) is 20.9. The number of hydrogen-bond acceptors (Lipinski definition) is 4. The highest BCUT2D eigenvalue weighted by Crippen LogP contribution is 2.36. The quantitative estimate of drug-likeness (QED) is 0.288. The number of fused-ring (bicyclic) bond motifs is 4. The Bertz CT molecular complexity index is 1520. The molecule has 0 fully saturated rings. The summed E-state index contributed by atoms with van der Waals surface area (Å²) in [5.41, 5.74) is 7.76. The van der Waals surface area contributed by atoms with Crippen molar-refractivity contribution in [3.05, 3.63) is 53.5 Å². The van der Waals surface area contributed by atoms with Crippen LogP contribution in [0, 0.1) is 19.3 Å². The molecule has 5 aromatic rings. The van der Waals surface area contributed by atoms with Crippen LogP contribution in [0.1, 0.15) is 58.6 Å². The predicted octanol–water partition coefficient (Wildman–Crippen LogP) is 7.35. The Morgan fingerprint density at radius 1 is 0.848 bits per heavy atom. The van der Waals surface area contributed by atoms with E-state index in [1.807, 2.05) is 13.0 Å². The number of pyridine rings is 2. The molecule has 5 heteroatoms. The maximum Gasteiger partial charge on any atom is 0.227 e. The maximum atomic E-state index is 6.14. The minimum atomic E-state index is -0.150. The summed E-state index contributed by atoms with van der Waals surface area (Å²) in [6.07, 6.45) is 0.910. The molecule has 0 radical (unpaired) electrons. The molecule has 0 spiro atoms. The molecular formula is C28H32N4O. The van der Waals surface area contributed by atoms with E-state index in [1.165, 1.54) is 0 Å². The average molecular weight is 441 g/mol. The Kier molecular flexibility index (Phi) is 4.68. The van der Waals surface area contributed by atoms with Gasteiger partial charge in [0.1, 0.15) is 11.4 Å². The Morgan fingerprint density at radius 2 is 1.61 bits per heavy atom. The third-order valence-corrected chi connectivity index (χ3v) is 5.97. The lowest BCUT2D eigenvalue weighted by Crippen LogP contribution is -2.23. The summed E-state index contributed by atoms with van der Waals surface area (Å²) in [6.45, 7) is 17.4. The molecule has 0 aliphatic carbocycles. The van der Waals surface area contributed by atoms with Gasteiger partial charge in [-0.2, -0.15) is 0 Å². The van der Waals surface area contributed by atoms with Gasteiger partial charge < -0.3 is 8.98 Å². The van der Waals surface area contributed by atoms with Gasteiger partial charge >= 0.3 is 0 Å². The van der Waals surface area contributed by atoms with Gasteiger partial charge in [0, 0.05) is 33.3 Å². The second kappa shape index (κ2) is 7.14. The molecule has 0 amide bonds. The summed E-state index contributed by atoms with van der Waals surface area (Å²) in [6, 6.07) is 12.7. The van der Waals surface area contributed by atoms with E-state index in [-0.39, 0.29) is 11.0 Å². The lowest BCUT2D eigenvalue weighted by atomic mass is 9.90. The third kappa shape index (κ3) is 3.79. The Labute approximate surface area is 194 Å². The van der Waals surface area contributed by atoms with Crippen molar-refractivity contribution in [3.63, 3.8) is 0 Å². The summed E-state index contributed by atoms with van der Waals surface area (Å²) in [5, 5.41) is 2.10. The van der Waals surface area contributed by atoms with E-state index in [1.54, 1.807) is 0 Å². The molecule has 4 aromatic heterocycles. The number of benzene rings is 1. The van der Waals surface area contributed by atoms with Gasteiger partial charge in [-0.1, -0.05) is 20.8 Å². The first-order valence-corrected chi connectivity index (χ1v) is 11.6. The average Bonchev–Trinajstić information content (AvgIpc) is 3.24. The molecule has 1 aromatic carbocycles. The van der Waals surface area contributed by atoms with E-state index in [0.29, 0.717) is 5.71 Å². The minimum Gasteiger partial charge on any atom is -0.438 e. The number of aryl methyl sites for hydroxylation is 2. The fraction of sp³-hybridized carbons (Fsp3) is 0.393. The highest BCUT2D eigenvalue weighted by Gasteiger charge is 2.25. The van der Waals surface area contributed by atoms with Crippen molar-refractivity contribution in [2.75, 3.05) is 0 Å². The summed E-state index contributed by atoms with van der Waals surface area (Å²) in [4.78, 5) is 14.6. The fourth-order valence-corrected chi connectivity index (χ4v) is 4.76. The second-order valence-corrected chi connectivity index (χ2v) is 11.4. The first-order chi connectivity index (χ1) is 15.4. The van der Waals surface area contributed by atoms with Crippen LogP contribution in [0.5, 0.6) is 0 Å². The van der Waals surface area contributed by atoms with Crippen LogP contribution in [0.3, 0.4) is 0 Å². The number of rotatable bonds is 2. The lowest BCUT2D eigenvalue weighted by Gasteiger charge is -2.25. The molecule has 0 bridgehead atoms. The standard InChI is InChI=1S/C28H32N4O/c1-16-13-22-24(17(2)29-16)32(28(6,7)8)25(31-22)18-9-12-23-21(14-18)20-11-10-19(15-27(3,4)5)30-26(20)33-23/h9-14H,15H2,1-8H3. The van der Waals surface area contributed by atoms with E-state index >= 15 is 0 Å². The highest BCUT2D eigenvalue weighted by molar-refractivity contribution is 6.05. The number of nitrogens with zero attached hydrogens (tertiary/aromatic N) is 4. The summed E-state index contributed by atoms with van der Waals surface area (Å²) in [7, 11) is 0. The normalized spacial score (nSPS) is 13.0. The van der Waals surface area contributed by atoms with E-state index in [2.05, 4.69) is 83.4 Å². The van der Waals surface area contributed by atoms with Crippen LogP contribution < -0.4 is 0 Å². The van der Waals surface area contributed by atoms with Crippen LogP contribution in [0.4, 0.5) is 0 Å². The predicted molar refractivity (Wildman–Crippen MR) is 136 cm³/mol. The fourth-order valence-electron chi connectivity index (χ4n) is 4.76. The molecule has 0 saturated heterocycles. The first-order valence-electron chi connectivity index (χ1n) is 11.6. The molecule has 0 unspecified atom stereocenters. The van der Waals surface area contributed by atoms with Crippen molar-refractivity contribution >= 4 is 33.1 Å². The third-order valence-electron chi connectivity index (χ3n) is 5.97. The van der Waals surface area contributed by atoms with Crippen molar-refractivity contribution in [2.45, 2.75) is 67.3 Å². The number of furan rings is 1. The van der Waals surface area contributed by atoms with E-state index in [4.69, 9.17) is 19.4 Å². The Hall–Kier alpha value is -3.21. The molecule has 0 N–H and O–H groups in total. The second-order valence-electron chi connectivity index (χ2n) is 11.4. The molecule has 0 saturated carbocycles. The summed E-state index contributed by atoms with van der Waals surface area (Å²) < 4.78 is 8.45.